The van der Waals surface area contributed by atoms with E-state index < -0.39 is 0 Å². The standard InChI is InChI=1S/C23H34N2O2S.C3H6.C3H4.C2H6/c1-7-10-12-19(9-3)22(13-11-8-2)25-23(24-4)28-17-18-14-20(26-5)16-21(15-18)27-6;2*1-3-2;1-2/h7-8,10-12,14-16,22H,9,13,17H2,1-6H3,(H,24,25);3H,1H2,2H3;1H,2H3;1-2H3/b10-7-,11-8+,19-12+;;;/t22-;;;/m0.../s1. The van der Waals surface area contributed by atoms with Crippen LogP contribution in [-0.4, -0.2) is 32.5 Å². The molecule has 0 fully saturated rings. The van der Waals surface area contributed by atoms with Gasteiger partial charge in [0.2, 0.25) is 0 Å². The molecule has 0 aliphatic rings. The number of ether oxygens (including phenoxy) is 2. The highest BCUT2D eigenvalue weighted by molar-refractivity contribution is 8.13. The van der Waals surface area contributed by atoms with Gasteiger partial charge in [0.05, 0.1) is 20.3 Å². The molecule has 0 bridgehead atoms. The van der Waals surface area contributed by atoms with Gasteiger partial charge in [0.15, 0.2) is 5.17 Å². The minimum atomic E-state index is 0.225. The van der Waals surface area contributed by atoms with Crippen molar-refractivity contribution in [3.63, 3.8) is 0 Å². The highest BCUT2D eigenvalue weighted by Crippen LogP contribution is 2.26. The molecule has 0 spiro atoms. The average Bonchev–Trinajstić information content (AvgIpc) is 2.91. The van der Waals surface area contributed by atoms with Crippen LogP contribution in [0.3, 0.4) is 0 Å². The number of methoxy groups -OCH3 is 2. The van der Waals surface area contributed by atoms with E-state index in [0.717, 1.165) is 40.8 Å². The first-order chi connectivity index (χ1) is 17.4. The summed E-state index contributed by atoms with van der Waals surface area (Å²) in [5.74, 6) is 4.63. The van der Waals surface area contributed by atoms with Gasteiger partial charge < -0.3 is 14.8 Å². The molecule has 36 heavy (non-hydrogen) atoms. The van der Waals surface area contributed by atoms with E-state index in [1.807, 2.05) is 52.9 Å². The topological polar surface area (TPSA) is 42.9 Å². The lowest BCUT2D eigenvalue weighted by molar-refractivity contribution is 0.393. The highest BCUT2D eigenvalue weighted by atomic mass is 32.2. The third kappa shape index (κ3) is 19.5. The monoisotopic (exact) mass is 514 g/mol. The second kappa shape index (κ2) is 28.4. The molecule has 0 aliphatic carbocycles. The second-order valence-electron chi connectivity index (χ2n) is 6.86. The van der Waals surface area contributed by atoms with Crippen molar-refractivity contribution < 1.29 is 9.47 Å². The Morgan fingerprint density at radius 2 is 1.67 bits per heavy atom. The normalized spacial score (nSPS) is 11.6. The molecule has 0 unspecified atom stereocenters. The van der Waals surface area contributed by atoms with Crippen LogP contribution < -0.4 is 14.8 Å². The second-order valence-corrected chi connectivity index (χ2v) is 7.82. The first kappa shape index (κ1) is 37.7. The number of thioether (sulfide) groups is 1. The number of allylic oxidation sites excluding steroid dienone is 5. The Balaban J connectivity index is -0.00000120. The predicted octanol–water partition coefficient (Wildman–Crippen LogP) is 8.62. The van der Waals surface area contributed by atoms with E-state index in [0.29, 0.717) is 0 Å². The fourth-order valence-electron chi connectivity index (χ4n) is 2.70. The maximum absolute atomic E-state index is 5.37. The first-order valence-corrected chi connectivity index (χ1v) is 13.4. The van der Waals surface area contributed by atoms with Gasteiger partial charge in [0.25, 0.3) is 0 Å². The van der Waals surface area contributed by atoms with Gasteiger partial charge in [0.1, 0.15) is 11.5 Å². The summed E-state index contributed by atoms with van der Waals surface area (Å²) in [4.78, 5) is 4.47. The molecule has 0 aromatic heterocycles. The molecular formula is C31H50N2O2S. The molecule has 0 saturated carbocycles. The zero-order valence-corrected chi connectivity index (χ0v) is 25.2. The SMILES string of the molecule is C#CC.C/C=C\C=C(/CC)[C@H](C/C=C/C)NC(=NC)SCc1cc(OC)cc(OC)c1.C=CC.CC. The van der Waals surface area contributed by atoms with Crippen molar-refractivity contribution in [2.45, 2.75) is 73.1 Å². The van der Waals surface area contributed by atoms with Gasteiger partial charge in [-0.05, 0) is 63.8 Å². The zero-order chi connectivity index (χ0) is 28.2. The van der Waals surface area contributed by atoms with Crippen molar-refractivity contribution in [1.29, 1.82) is 0 Å². The zero-order valence-electron chi connectivity index (χ0n) is 24.4. The van der Waals surface area contributed by atoms with Crippen molar-refractivity contribution in [2.24, 2.45) is 4.99 Å². The largest absolute Gasteiger partial charge is 0.497 e. The van der Waals surface area contributed by atoms with E-state index >= 15 is 0 Å². The lowest BCUT2D eigenvalue weighted by Crippen LogP contribution is -2.34. The van der Waals surface area contributed by atoms with E-state index in [1.165, 1.54) is 5.57 Å². The molecule has 0 amide bonds. The fraction of sp³-hybridized carbons (Fsp3) is 0.452. The number of hydrogen-bond donors (Lipinski definition) is 1. The average molecular weight is 515 g/mol. The number of nitrogens with zero attached hydrogens (tertiary/aromatic N) is 1. The van der Waals surface area contributed by atoms with Gasteiger partial charge in [-0.3, -0.25) is 4.99 Å². The van der Waals surface area contributed by atoms with Crippen molar-refractivity contribution in [2.75, 3.05) is 21.3 Å². The number of nitrogens with one attached hydrogen (secondary N) is 1. The number of benzene rings is 1. The Morgan fingerprint density at radius 3 is 2.06 bits per heavy atom. The third-order valence-electron chi connectivity index (χ3n) is 4.25. The van der Waals surface area contributed by atoms with Gasteiger partial charge in [-0.25, -0.2) is 0 Å². The maximum Gasteiger partial charge on any atom is 0.157 e. The van der Waals surface area contributed by atoms with Gasteiger partial charge >= 0.3 is 0 Å². The van der Waals surface area contributed by atoms with Gasteiger partial charge in [-0.2, -0.15) is 0 Å². The van der Waals surface area contributed by atoms with Crippen LogP contribution in [0.25, 0.3) is 0 Å². The number of amidine groups is 1. The Bertz CT molecular complexity index is 811. The Hall–Kier alpha value is -2.84. The lowest BCUT2D eigenvalue weighted by Gasteiger charge is -2.22. The van der Waals surface area contributed by atoms with Crippen molar-refractivity contribution in [1.82, 2.24) is 5.32 Å². The molecule has 1 aromatic carbocycles. The van der Waals surface area contributed by atoms with E-state index in [4.69, 9.17) is 9.47 Å². The smallest absolute Gasteiger partial charge is 0.157 e. The molecule has 202 valence electrons. The van der Waals surface area contributed by atoms with Crippen LogP contribution in [0.15, 0.2) is 71.8 Å². The summed E-state index contributed by atoms with van der Waals surface area (Å²) in [6, 6.07) is 6.17. The lowest BCUT2D eigenvalue weighted by atomic mass is 10.0. The number of hydrogen-bond acceptors (Lipinski definition) is 4. The minimum Gasteiger partial charge on any atom is -0.497 e. The van der Waals surface area contributed by atoms with E-state index in [2.05, 4.69) is 73.5 Å². The van der Waals surface area contributed by atoms with Gasteiger partial charge in [0, 0.05) is 18.9 Å². The molecule has 0 radical (unpaired) electrons. The summed E-state index contributed by atoms with van der Waals surface area (Å²) in [6.07, 6.45) is 18.9. The van der Waals surface area contributed by atoms with E-state index in [-0.39, 0.29) is 6.04 Å². The molecule has 5 heteroatoms. The van der Waals surface area contributed by atoms with Crippen molar-refractivity contribution in [3.05, 3.63) is 72.4 Å². The summed E-state index contributed by atoms with van der Waals surface area (Å²) in [5, 5.41) is 4.55. The number of aliphatic imine (C=N–C) groups is 1. The maximum atomic E-state index is 5.37. The molecule has 1 N–H and O–H groups in total. The Labute approximate surface area is 227 Å². The predicted molar refractivity (Wildman–Crippen MR) is 165 cm³/mol. The number of terminal acetylenes is 1. The van der Waals surface area contributed by atoms with E-state index in [1.54, 1.807) is 39.0 Å². The van der Waals surface area contributed by atoms with Gasteiger partial charge in [-0.1, -0.05) is 69.0 Å². The van der Waals surface area contributed by atoms with Crippen LogP contribution in [0.2, 0.25) is 0 Å². The summed E-state index contributed by atoms with van der Waals surface area (Å²) < 4.78 is 10.7. The Kier molecular flexibility index (Phi) is 29.7. The van der Waals surface area contributed by atoms with Crippen LogP contribution in [0, 0.1) is 12.3 Å². The van der Waals surface area contributed by atoms with Crippen molar-refractivity contribution >= 4 is 16.9 Å². The minimum absolute atomic E-state index is 0.225. The third-order valence-corrected chi connectivity index (χ3v) is 5.31. The molecular weight excluding hydrogens is 464 g/mol. The summed E-state index contributed by atoms with van der Waals surface area (Å²) >= 11 is 1.68. The molecule has 0 saturated heterocycles. The van der Waals surface area contributed by atoms with E-state index in [9.17, 15) is 0 Å². The molecule has 0 heterocycles. The Morgan fingerprint density at radius 1 is 1.14 bits per heavy atom. The molecule has 0 aliphatic heterocycles. The number of rotatable bonds is 10. The van der Waals surface area contributed by atoms with Crippen LogP contribution in [0.4, 0.5) is 0 Å². The van der Waals surface area contributed by atoms with Crippen LogP contribution in [0.1, 0.15) is 66.9 Å². The highest BCUT2D eigenvalue weighted by Gasteiger charge is 2.14. The molecule has 1 rings (SSSR count). The first-order valence-electron chi connectivity index (χ1n) is 12.4. The summed E-state index contributed by atoms with van der Waals surface area (Å²) in [6.45, 7) is 17.2. The van der Waals surface area contributed by atoms with Crippen molar-refractivity contribution in [3.8, 4) is 23.8 Å². The fourth-order valence-corrected chi connectivity index (χ4v) is 3.52. The van der Waals surface area contributed by atoms with Crippen LogP contribution in [0.5, 0.6) is 11.5 Å². The summed E-state index contributed by atoms with van der Waals surface area (Å²) in [5.41, 5.74) is 2.50. The van der Waals surface area contributed by atoms with Gasteiger partial charge in [-0.15, -0.1) is 18.9 Å². The molecule has 4 nitrogen and oxygen atoms in total. The molecule has 1 atom stereocenters. The molecule has 1 aromatic rings. The van der Waals surface area contributed by atoms with Crippen LogP contribution in [-0.2, 0) is 5.75 Å². The van der Waals surface area contributed by atoms with Crippen LogP contribution >= 0.6 is 11.8 Å². The quantitative estimate of drug-likeness (QED) is 0.112. The summed E-state index contributed by atoms with van der Waals surface area (Å²) in [7, 11) is 5.16.